The largest absolute Gasteiger partial charge is 0.491 e. The molecule has 9 nitrogen and oxygen atoms in total. The van der Waals surface area contributed by atoms with Crippen molar-refractivity contribution in [1.29, 1.82) is 0 Å². The molecule has 0 aliphatic carbocycles. The minimum absolute atomic E-state index is 0.0879. The van der Waals surface area contributed by atoms with Crippen LogP contribution in [-0.4, -0.2) is 48.7 Å². The van der Waals surface area contributed by atoms with E-state index in [1.165, 1.54) is 18.7 Å². The highest BCUT2D eigenvalue weighted by atomic mass is 19.1. The fourth-order valence-corrected chi connectivity index (χ4v) is 2.61. The average Bonchev–Trinajstić information content (AvgIpc) is 2.79. The second-order valence-corrected chi connectivity index (χ2v) is 6.25. The van der Waals surface area contributed by atoms with Crippen LogP contribution < -0.4 is 15.5 Å². The van der Waals surface area contributed by atoms with Crippen LogP contribution in [0.15, 0.2) is 54.6 Å². The van der Waals surface area contributed by atoms with Crippen LogP contribution in [0.2, 0.25) is 0 Å². The number of hydroxylamine groups is 1. The molecule has 0 aromatic heterocycles. The van der Waals surface area contributed by atoms with Crippen LogP contribution in [0, 0.1) is 11.6 Å². The third kappa shape index (κ3) is 7.30. The smallest absolute Gasteiger partial charge is 0.412 e. The van der Waals surface area contributed by atoms with E-state index in [0.29, 0.717) is 17.4 Å². The van der Waals surface area contributed by atoms with Crippen LogP contribution in [0.3, 0.4) is 0 Å². The number of aliphatic hydroxyl groups excluding tert-OH is 1. The number of carbonyl (C=O) groups excluding carboxylic acids is 2. The van der Waals surface area contributed by atoms with Crippen LogP contribution in [0.4, 0.5) is 19.3 Å². The SMILES string of the molecule is CO[C@H](/C=C/C(=O)NO)[C@H](OC(=O)Nc1ccc(F)cc1F)c1ccc(OCCO)cc1. The number of aliphatic hydroxyl groups is 1. The second kappa shape index (κ2) is 12.3. The quantitative estimate of drug-likeness (QED) is 0.248. The van der Waals surface area contributed by atoms with Crippen LogP contribution >= 0.6 is 0 Å². The first-order chi connectivity index (χ1) is 15.4. The van der Waals surface area contributed by atoms with Crippen LogP contribution in [0.1, 0.15) is 11.7 Å². The Morgan fingerprint density at radius 2 is 1.88 bits per heavy atom. The number of methoxy groups -OCH3 is 1. The molecule has 11 heteroatoms. The van der Waals surface area contributed by atoms with Gasteiger partial charge in [-0.1, -0.05) is 12.1 Å². The molecule has 0 radical (unpaired) electrons. The fourth-order valence-electron chi connectivity index (χ4n) is 2.61. The number of carbonyl (C=O) groups is 2. The van der Waals surface area contributed by atoms with Crippen LogP contribution in [-0.2, 0) is 14.3 Å². The molecule has 2 atom stereocenters. The summed E-state index contributed by atoms with van der Waals surface area (Å²) >= 11 is 0. The summed E-state index contributed by atoms with van der Waals surface area (Å²) in [5.74, 6) is -2.19. The molecule has 0 aliphatic heterocycles. The second-order valence-electron chi connectivity index (χ2n) is 6.25. The molecular formula is C21H22F2N2O7. The van der Waals surface area contributed by atoms with Gasteiger partial charge in [0.2, 0.25) is 0 Å². The Kier molecular flexibility index (Phi) is 9.54. The van der Waals surface area contributed by atoms with Crippen molar-refractivity contribution in [2.75, 3.05) is 25.6 Å². The molecule has 0 fully saturated rings. The normalized spacial score (nSPS) is 12.8. The summed E-state index contributed by atoms with van der Waals surface area (Å²) in [4.78, 5) is 23.7. The number of hydrogen-bond acceptors (Lipinski definition) is 7. The van der Waals surface area contributed by atoms with E-state index in [2.05, 4.69) is 5.32 Å². The van der Waals surface area contributed by atoms with Crippen molar-refractivity contribution >= 4 is 17.7 Å². The Bertz CT molecular complexity index is 938. The van der Waals surface area contributed by atoms with Gasteiger partial charge in [0, 0.05) is 19.3 Å². The fraction of sp³-hybridized carbons (Fsp3) is 0.238. The maximum atomic E-state index is 13.8. The molecule has 172 valence electrons. The van der Waals surface area contributed by atoms with Crippen molar-refractivity contribution in [2.45, 2.75) is 12.2 Å². The van der Waals surface area contributed by atoms with Gasteiger partial charge in [-0.2, -0.15) is 0 Å². The van der Waals surface area contributed by atoms with Gasteiger partial charge in [0.25, 0.3) is 5.91 Å². The molecule has 32 heavy (non-hydrogen) atoms. The molecule has 0 heterocycles. The summed E-state index contributed by atoms with van der Waals surface area (Å²) in [6.45, 7) is -0.0817. The van der Waals surface area contributed by atoms with E-state index in [1.54, 1.807) is 24.3 Å². The Hall–Kier alpha value is -3.54. The molecule has 0 unspecified atom stereocenters. The zero-order valence-electron chi connectivity index (χ0n) is 17.0. The summed E-state index contributed by atoms with van der Waals surface area (Å²) in [6.07, 6.45) is -0.944. The van der Waals surface area contributed by atoms with Crippen LogP contribution in [0.5, 0.6) is 5.75 Å². The molecule has 0 spiro atoms. The molecule has 2 amide bonds. The first-order valence-corrected chi connectivity index (χ1v) is 9.29. The van der Waals surface area contributed by atoms with Crippen molar-refractivity contribution in [3.05, 3.63) is 71.8 Å². The lowest BCUT2D eigenvalue weighted by atomic mass is 10.0. The van der Waals surface area contributed by atoms with E-state index < -0.39 is 35.8 Å². The summed E-state index contributed by atoms with van der Waals surface area (Å²) in [6, 6.07) is 8.87. The van der Waals surface area contributed by atoms with E-state index in [-0.39, 0.29) is 18.9 Å². The highest BCUT2D eigenvalue weighted by Crippen LogP contribution is 2.27. The van der Waals surface area contributed by atoms with E-state index in [0.717, 1.165) is 18.2 Å². The lowest BCUT2D eigenvalue weighted by Gasteiger charge is -2.24. The Balaban J connectivity index is 2.26. The maximum absolute atomic E-state index is 13.8. The first kappa shape index (κ1) is 24.7. The van der Waals surface area contributed by atoms with E-state index in [1.807, 2.05) is 0 Å². The van der Waals surface area contributed by atoms with Gasteiger partial charge in [-0.25, -0.2) is 19.1 Å². The lowest BCUT2D eigenvalue weighted by molar-refractivity contribution is -0.124. The summed E-state index contributed by atoms with van der Waals surface area (Å²) < 4.78 is 42.9. The highest BCUT2D eigenvalue weighted by Gasteiger charge is 2.26. The average molecular weight is 452 g/mol. The standard InChI is InChI=1S/C21H22F2N2O7/c1-30-18(8-9-19(27)25-29)20(13-2-5-15(6-3-13)31-11-10-26)32-21(28)24-17-7-4-14(22)12-16(17)23/h2-9,12,18,20,26,29H,10-11H2,1H3,(H,24,28)(H,25,27)/b9-8+/t18-,20-/m1/s1. The maximum Gasteiger partial charge on any atom is 0.412 e. The number of anilines is 1. The zero-order chi connectivity index (χ0) is 23.5. The number of rotatable bonds is 10. The molecule has 0 saturated carbocycles. The third-order valence-corrected chi connectivity index (χ3v) is 4.09. The molecular weight excluding hydrogens is 430 g/mol. The van der Waals surface area contributed by atoms with E-state index >= 15 is 0 Å². The molecule has 0 aliphatic rings. The van der Waals surface area contributed by atoms with Gasteiger partial charge in [0.15, 0.2) is 6.10 Å². The molecule has 2 aromatic carbocycles. The minimum atomic E-state index is -1.11. The number of nitrogens with one attached hydrogen (secondary N) is 2. The van der Waals surface area contributed by atoms with Gasteiger partial charge in [-0.3, -0.25) is 15.3 Å². The topological polar surface area (TPSA) is 126 Å². The number of hydrogen-bond donors (Lipinski definition) is 4. The number of ether oxygens (including phenoxy) is 3. The van der Waals surface area contributed by atoms with Gasteiger partial charge in [-0.15, -0.1) is 0 Å². The van der Waals surface area contributed by atoms with Gasteiger partial charge in [0.05, 0.1) is 12.3 Å². The Labute approximate surface area is 182 Å². The first-order valence-electron chi connectivity index (χ1n) is 9.29. The van der Waals surface area contributed by atoms with Crippen molar-refractivity contribution < 1.29 is 42.9 Å². The van der Waals surface area contributed by atoms with E-state index in [4.69, 9.17) is 24.5 Å². The van der Waals surface area contributed by atoms with Crippen LogP contribution in [0.25, 0.3) is 0 Å². The summed E-state index contributed by atoms with van der Waals surface area (Å²) in [7, 11) is 1.30. The van der Waals surface area contributed by atoms with Gasteiger partial charge >= 0.3 is 6.09 Å². The Morgan fingerprint density at radius 3 is 2.47 bits per heavy atom. The van der Waals surface area contributed by atoms with Crippen molar-refractivity contribution in [3.8, 4) is 5.75 Å². The van der Waals surface area contributed by atoms with Crippen molar-refractivity contribution in [1.82, 2.24) is 5.48 Å². The molecule has 4 N–H and O–H groups in total. The Morgan fingerprint density at radius 1 is 1.16 bits per heavy atom. The number of benzene rings is 2. The molecule has 2 rings (SSSR count). The lowest BCUT2D eigenvalue weighted by Crippen LogP contribution is -2.27. The monoisotopic (exact) mass is 452 g/mol. The van der Waals surface area contributed by atoms with Crippen molar-refractivity contribution in [2.24, 2.45) is 0 Å². The summed E-state index contributed by atoms with van der Waals surface area (Å²) in [5.41, 5.74) is 1.55. The third-order valence-electron chi connectivity index (χ3n) is 4.09. The molecule has 2 aromatic rings. The zero-order valence-corrected chi connectivity index (χ0v) is 17.0. The summed E-state index contributed by atoms with van der Waals surface area (Å²) in [5, 5.41) is 19.7. The predicted molar refractivity (Wildman–Crippen MR) is 108 cm³/mol. The van der Waals surface area contributed by atoms with Gasteiger partial charge in [-0.05, 0) is 35.9 Å². The van der Waals surface area contributed by atoms with Gasteiger partial charge in [0.1, 0.15) is 30.1 Å². The number of amides is 2. The minimum Gasteiger partial charge on any atom is -0.491 e. The predicted octanol–water partition coefficient (Wildman–Crippen LogP) is 2.70. The number of halogens is 2. The van der Waals surface area contributed by atoms with Gasteiger partial charge < -0.3 is 19.3 Å². The highest BCUT2D eigenvalue weighted by molar-refractivity contribution is 5.86. The van der Waals surface area contributed by atoms with E-state index in [9.17, 15) is 18.4 Å². The molecule has 0 bridgehead atoms. The van der Waals surface area contributed by atoms with Crippen molar-refractivity contribution in [3.63, 3.8) is 0 Å². The molecule has 0 saturated heterocycles.